The molecule has 0 saturated heterocycles. The minimum absolute atomic E-state index is 0.123. The molecule has 0 saturated carbocycles. The quantitative estimate of drug-likeness (QED) is 0.177. The zero-order chi connectivity index (χ0) is 35.8. The molecule has 0 aliphatic heterocycles. The van der Waals surface area contributed by atoms with Gasteiger partial charge in [-0.2, -0.15) is 0 Å². The minimum atomic E-state index is -0.470. The average Bonchev–Trinajstić information content (AvgIpc) is 3.90. The first kappa shape index (κ1) is 30.3. The number of benzene rings is 8. The highest BCUT2D eigenvalue weighted by Crippen LogP contribution is 2.65. The van der Waals surface area contributed by atoms with Gasteiger partial charge in [-0.1, -0.05) is 153 Å². The number of anilines is 3. The van der Waals surface area contributed by atoms with E-state index in [-0.39, 0.29) is 5.41 Å². The maximum atomic E-state index is 2.57. The van der Waals surface area contributed by atoms with E-state index in [4.69, 9.17) is 0 Å². The Morgan fingerprint density at radius 3 is 1.59 bits per heavy atom. The molecule has 0 bridgehead atoms. The Morgan fingerprint density at radius 1 is 0.389 bits per heavy atom. The maximum absolute atomic E-state index is 2.57. The van der Waals surface area contributed by atoms with Crippen LogP contribution in [0.4, 0.5) is 17.1 Å². The Labute approximate surface area is 319 Å². The fourth-order valence-electron chi connectivity index (χ4n) is 10.4. The summed E-state index contributed by atoms with van der Waals surface area (Å²) in [6.07, 6.45) is 0. The first-order chi connectivity index (χ1) is 26.5. The second-order valence-electron chi connectivity index (χ2n) is 15.6. The summed E-state index contributed by atoms with van der Waals surface area (Å²) in [5.74, 6) is 0. The number of fused-ring (bicyclic) bond motifs is 16. The monoisotopic (exact) mass is 705 g/mol. The molecule has 1 spiro atoms. The summed E-state index contributed by atoms with van der Waals surface area (Å²) in [6, 6.07) is 66.5. The molecule has 0 amide bonds. The topological polar surface area (TPSA) is 3.24 Å². The molecule has 0 fully saturated rings. The lowest BCUT2D eigenvalue weighted by Gasteiger charge is -2.36. The molecule has 3 aliphatic carbocycles. The van der Waals surface area contributed by atoms with E-state index in [9.17, 15) is 0 Å². The van der Waals surface area contributed by atoms with Gasteiger partial charge in [-0.25, -0.2) is 0 Å². The lowest BCUT2D eigenvalue weighted by molar-refractivity contribution is 0.660. The molecule has 1 nitrogen and oxygen atoms in total. The Hall–Kier alpha value is -6.22. The zero-order valence-electron chi connectivity index (χ0n) is 30.1. The van der Waals surface area contributed by atoms with Crippen LogP contribution in [0, 0.1) is 0 Å². The van der Waals surface area contributed by atoms with Crippen molar-refractivity contribution in [2.75, 3.05) is 4.90 Å². The van der Waals surface area contributed by atoms with Gasteiger partial charge in [0.15, 0.2) is 0 Å². The van der Waals surface area contributed by atoms with E-state index in [2.05, 4.69) is 195 Å². The molecule has 54 heavy (non-hydrogen) atoms. The second-order valence-corrected chi connectivity index (χ2v) is 16.7. The van der Waals surface area contributed by atoms with Crippen molar-refractivity contribution in [2.24, 2.45) is 0 Å². The largest absolute Gasteiger partial charge is 0.310 e. The number of hydrogen-bond donors (Lipinski definition) is 0. The molecule has 12 rings (SSSR count). The van der Waals surface area contributed by atoms with Crippen molar-refractivity contribution >= 4 is 48.6 Å². The molecule has 0 N–H and O–H groups in total. The van der Waals surface area contributed by atoms with Crippen LogP contribution in [0.15, 0.2) is 176 Å². The maximum Gasteiger partial charge on any atom is 0.0746 e. The van der Waals surface area contributed by atoms with E-state index in [1.165, 1.54) is 104 Å². The molecular weight excluding hydrogens is 671 g/mol. The van der Waals surface area contributed by atoms with Crippen molar-refractivity contribution < 1.29 is 0 Å². The van der Waals surface area contributed by atoms with Crippen LogP contribution in [0.1, 0.15) is 47.2 Å². The SMILES string of the molecule is CC1(C)c2ccccc2-c2ccc(N(c3ccc4c(c3)sc3ccccc34)c3cccc4c3C3(c5ccccc5-c5ccccc53)c3ccccc3-4)cc21. The van der Waals surface area contributed by atoms with Gasteiger partial charge in [0.05, 0.1) is 11.1 Å². The number of nitrogens with zero attached hydrogens (tertiary/aromatic N) is 1. The summed E-state index contributed by atoms with van der Waals surface area (Å²) >= 11 is 1.88. The normalized spacial score (nSPS) is 14.8. The lowest BCUT2D eigenvalue weighted by atomic mass is 9.70. The van der Waals surface area contributed by atoms with Crippen LogP contribution in [0.3, 0.4) is 0 Å². The summed E-state index contributed by atoms with van der Waals surface area (Å²) in [6.45, 7) is 4.76. The van der Waals surface area contributed by atoms with Crippen molar-refractivity contribution in [1.29, 1.82) is 0 Å². The summed E-state index contributed by atoms with van der Waals surface area (Å²) in [5, 5.41) is 2.63. The fourth-order valence-corrected chi connectivity index (χ4v) is 11.6. The van der Waals surface area contributed by atoms with Gasteiger partial charge in [0.1, 0.15) is 0 Å². The van der Waals surface area contributed by atoms with E-state index in [0.29, 0.717) is 0 Å². The van der Waals surface area contributed by atoms with E-state index in [1.54, 1.807) is 0 Å². The summed E-state index contributed by atoms with van der Waals surface area (Å²) in [7, 11) is 0. The van der Waals surface area contributed by atoms with Crippen LogP contribution in [-0.2, 0) is 10.8 Å². The standard InChI is InChI=1S/C52H35NS/c1-51(2)42-20-8-3-14-34(42)38-28-26-32(30-46(38)51)53(33-27-29-40-39-18-7-12-25-48(39)54-49(40)31-33)47-24-13-19-41-37-17-6-11-23-45(37)52(50(41)47)43-21-9-4-15-35(43)36-16-5-10-22-44(36)52/h3-31H,1-2H3. The molecule has 1 heterocycles. The first-order valence-electron chi connectivity index (χ1n) is 18.9. The van der Waals surface area contributed by atoms with Crippen LogP contribution >= 0.6 is 11.3 Å². The summed E-state index contributed by atoms with van der Waals surface area (Å²) in [5.41, 5.74) is 19.1. The van der Waals surface area contributed by atoms with E-state index >= 15 is 0 Å². The smallest absolute Gasteiger partial charge is 0.0746 e. The molecule has 0 unspecified atom stereocenters. The van der Waals surface area contributed by atoms with Gasteiger partial charge in [0.25, 0.3) is 0 Å². The van der Waals surface area contributed by atoms with Gasteiger partial charge in [-0.15, -0.1) is 11.3 Å². The van der Waals surface area contributed by atoms with E-state index in [0.717, 1.165) is 0 Å². The summed E-state index contributed by atoms with van der Waals surface area (Å²) in [4.78, 5) is 2.57. The number of thiophene rings is 1. The molecule has 0 atom stereocenters. The van der Waals surface area contributed by atoms with E-state index in [1.807, 2.05) is 11.3 Å². The first-order valence-corrected chi connectivity index (χ1v) is 19.8. The van der Waals surface area contributed by atoms with Gasteiger partial charge in [0, 0.05) is 42.5 Å². The predicted molar refractivity (Wildman–Crippen MR) is 228 cm³/mol. The van der Waals surface area contributed by atoms with Crippen LogP contribution < -0.4 is 4.90 Å². The summed E-state index contributed by atoms with van der Waals surface area (Å²) < 4.78 is 2.62. The molecule has 254 valence electrons. The second kappa shape index (κ2) is 10.7. The van der Waals surface area contributed by atoms with Crippen molar-refractivity contribution in [2.45, 2.75) is 24.7 Å². The highest BCUT2D eigenvalue weighted by atomic mass is 32.1. The van der Waals surface area contributed by atoms with Gasteiger partial charge < -0.3 is 4.90 Å². The minimum Gasteiger partial charge on any atom is -0.310 e. The van der Waals surface area contributed by atoms with Crippen LogP contribution in [-0.4, -0.2) is 0 Å². The van der Waals surface area contributed by atoms with E-state index < -0.39 is 5.41 Å². The van der Waals surface area contributed by atoms with Crippen molar-refractivity contribution in [1.82, 2.24) is 0 Å². The van der Waals surface area contributed by atoms with Crippen molar-refractivity contribution in [3.63, 3.8) is 0 Å². The molecule has 8 aromatic carbocycles. The van der Waals surface area contributed by atoms with Gasteiger partial charge in [-0.05, 0) is 97.6 Å². The molecule has 3 aliphatic rings. The average molecular weight is 706 g/mol. The third-order valence-electron chi connectivity index (χ3n) is 12.7. The van der Waals surface area contributed by atoms with Crippen LogP contribution in [0.5, 0.6) is 0 Å². The molecule has 1 aromatic heterocycles. The van der Waals surface area contributed by atoms with Crippen LogP contribution in [0.2, 0.25) is 0 Å². The van der Waals surface area contributed by atoms with Crippen molar-refractivity contribution in [3.05, 3.63) is 209 Å². The third-order valence-corrected chi connectivity index (χ3v) is 13.8. The van der Waals surface area contributed by atoms with Gasteiger partial charge >= 0.3 is 0 Å². The Morgan fingerprint density at radius 2 is 0.889 bits per heavy atom. The lowest BCUT2D eigenvalue weighted by Crippen LogP contribution is -2.28. The molecular formula is C52H35NS. The number of hydrogen-bond acceptors (Lipinski definition) is 2. The third kappa shape index (κ3) is 3.73. The molecule has 9 aromatic rings. The molecule has 2 heteroatoms. The Bertz CT molecular complexity index is 2990. The van der Waals surface area contributed by atoms with Gasteiger partial charge in [-0.3, -0.25) is 0 Å². The van der Waals surface area contributed by atoms with Crippen LogP contribution in [0.25, 0.3) is 53.6 Å². The van der Waals surface area contributed by atoms with Crippen molar-refractivity contribution in [3.8, 4) is 33.4 Å². The Balaban J connectivity index is 1.19. The highest BCUT2D eigenvalue weighted by molar-refractivity contribution is 7.25. The van der Waals surface area contributed by atoms with Gasteiger partial charge in [0.2, 0.25) is 0 Å². The zero-order valence-corrected chi connectivity index (χ0v) is 30.9. The highest BCUT2D eigenvalue weighted by Gasteiger charge is 2.53. The molecule has 0 radical (unpaired) electrons. The number of rotatable bonds is 3. The Kier molecular flexibility index (Phi) is 5.99. The fraction of sp³-hybridized carbons (Fsp3) is 0.0769. The predicted octanol–water partition coefficient (Wildman–Crippen LogP) is 14.2.